The average molecular weight is 283 g/mol. The van der Waals surface area contributed by atoms with E-state index in [1.165, 1.54) is 24.8 Å². The van der Waals surface area contributed by atoms with Gasteiger partial charge in [-0.25, -0.2) is 19.9 Å². The van der Waals surface area contributed by atoms with E-state index in [2.05, 4.69) is 29.9 Å². The fourth-order valence-electron chi connectivity index (χ4n) is 1.72. The van der Waals surface area contributed by atoms with Gasteiger partial charge in [0.1, 0.15) is 12.0 Å². The monoisotopic (exact) mass is 283 g/mol. The van der Waals surface area contributed by atoms with Crippen LogP contribution in [0.15, 0.2) is 43.4 Å². The van der Waals surface area contributed by atoms with E-state index in [1.807, 2.05) is 0 Å². The van der Waals surface area contributed by atoms with Crippen LogP contribution in [0.2, 0.25) is 0 Å². The lowest BCUT2D eigenvalue weighted by Crippen LogP contribution is -1.86. The molecule has 9 nitrogen and oxygen atoms in total. The van der Waals surface area contributed by atoms with Crippen molar-refractivity contribution >= 4 is 16.7 Å². The summed E-state index contributed by atoms with van der Waals surface area (Å²) in [4.78, 5) is 31.2. The van der Waals surface area contributed by atoms with Gasteiger partial charge in [-0.3, -0.25) is 10.1 Å². The lowest BCUT2D eigenvalue weighted by atomic mass is 10.3. The summed E-state index contributed by atoms with van der Waals surface area (Å²) in [5.74, 6) is 0.689. The first-order valence-electron chi connectivity index (χ1n) is 5.91. The van der Waals surface area contributed by atoms with Crippen LogP contribution >= 0.6 is 0 Å². The summed E-state index contributed by atoms with van der Waals surface area (Å²) in [6.07, 6.45) is 6.34. The minimum Gasteiger partial charge on any atom is -0.350 e. The van der Waals surface area contributed by atoms with Crippen LogP contribution in [0.4, 0.5) is 5.69 Å². The van der Waals surface area contributed by atoms with Crippen LogP contribution in [-0.2, 0) is 0 Å². The van der Waals surface area contributed by atoms with Crippen molar-refractivity contribution in [2.24, 2.45) is 0 Å². The molecule has 0 aliphatic carbocycles. The molecular formula is C12H9N7O2. The molecule has 0 radical (unpaired) electrons. The van der Waals surface area contributed by atoms with Gasteiger partial charge in [-0.15, -0.1) is 0 Å². The Morgan fingerprint density at radius 1 is 1.10 bits per heavy atom. The number of nitrogens with one attached hydrogen (secondary N) is 2. The molecule has 0 atom stereocenters. The van der Waals surface area contributed by atoms with E-state index in [4.69, 9.17) is 0 Å². The molecule has 0 saturated carbocycles. The van der Waals surface area contributed by atoms with Gasteiger partial charge in [-0.1, -0.05) is 0 Å². The number of fused-ring (bicyclic) bond motifs is 2. The third-order valence-electron chi connectivity index (χ3n) is 2.70. The maximum atomic E-state index is 10.3. The number of aromatic amines is 2. The molecular weight excluding hydrogens is 274 g/mol. The zero-order valence-electron chi connectivity index (χ0n) is 10.6. The van der Waals surface area contributed by atoms with Crippen molar-refractivity contribution in [1.82, 2.24) is 29.9 Å². The maximum Gasteiger partial charge on any atom is 0.271 e. The average Bonchev–Trinajstić information content (AvgIpc) is 3.15. The molecule has 0 amide bonds. The third-order valence-corrected chi connectivity index (χ3v) is 2.70. The second-order valence-electron chi connectivity index (χ2n) is 4.01. The molecule has 0 spiro atoms. The Hall–Kier alpha value is -3.36. The van der Waals surface area contributed by atoms with Crippen molar-refractivity contribution in [3.8, 4) is 11.5 Å². The van der Waals surface area contributed by atoms with E-state index >= 15 is 0 Å². The molecule has 2 aromatic rings. The van der Waals surface area contributed by atoms with Gasteiger partial charge in [0.15, 0.2) is 5.82 Å². The number of aromatic nitrogens is 6. The summed E-state index contributed by atoms with van der Waals surface area (Å²) >= 11 is 0. The highest BCUT2D eigenvalue weighted by atomic mass is 16.6. The zero-order valence-corrected chi connectivity index (χ0v) is 10.6. The van der Waals surface area contributed by atoms with Gasteiger partial charge in [0.2, 0.25) is 0 Å². The van der Waals surface area contributed by atoms with Crippen molar-refractivity contribution in [2.75, 3.05) is 0 Å². The molecule has 0 bridgehead atoms. The Balaban J connectivity index is 0.000000131. The first-order chi connectivity index (χ1) is 10.2. The van der Waals surface area contributed by atoms with Crippen molar-refractivity contribution in [2.45, 2.75) is 0 Å². The lowest BCUT2D eigenvalue weighted by Gasteiger charge is -1.89. The highest BCUT2D eigenvalue weighted by Gasteiger charge is 2.06. The number of non-ortho nitro benzene ring substituents is 1. The number of nitro benzene ring substituents is 1. The molecule has 1 aromatic carbocycles. The van der Waals surface area contributed by atoms with Crippen molar-refractivity contribution in [1.29, 1.82) is 0 Å². The molecule has 0 saturated heterocycles. The van der Waals surface area contributed by atoms with Crippen molar-refractivity contribution in [3.63, 3.8) is 0 Å². The summed E-state index contributed by atoms with van der Waals surface area (Å²) in [7, 11) is 0. The van der Waals surface area contributed by atoms with E-state index < -0.39 is 4.92 Å². The Morgan fingerprint density at radius 3 is 2.81 bits per heavy atom. The third kappa shape index (κ3) is 2.66. The predicted octanol–water partition coefficient (Wildman–Crippen LogP) is 1.78. The Morgan fingerprint density at radius 2 is 2.00 bits per heavy atom. The predicted molar refractivity (Wildman–Crippen MR) is 73.5 cm³/mol. The van der Waals surface area contributed by atoms with Crippen LogP contribution in [0.1, 0.15) is 0 Å². The molecule has 0 unspecified atom stereocenters. The van der Waals surface area contributed by atoms with Crippen LogP contribution in [0.25, 0.3) is 22.6 Å². The molecule has 104 valence electrons. The van der Waals surface area contributed by atoms with E-state index in [0.717, 1.165) is 11.2 Å². The van der Waals surface area contributed by atoms with Crippen molar-refractivity contribution < 1.29 is 4.92 Å². The molecule has 2 N–H and O–H groups in total. The Labute approximate surface area is 117 Å². The van der Waals surface area contributed by atoms with Gasteiger partial charge in [0, 0.05) is 18.3 Å². The fourth-order valence-corrected chi connectivity index (χ4v) is 1.72. The molecule has 21 heavy (non-hydrogen) atoms. The van der Waals surface area contributed by atoms with Gasteiger partial charge in [0.05, 0.1) is 28.6 Å². The summed E-state index contributed by atoms with van der Waals surface area (Å²) in [6.45, 7) is 0. The molecule has 1 aromatic heterocycles. The lowest BCUT2D eigenvalue weighted by molar-refractivity contribution is -0.384. The van der Waals surface area contributed by atoms with Crippen LogP contribution in [-0.4, -0.2) is 34.8 Å². The minimum atomic E-state index is -0.436. The van der Waals surface area contributed by atoms with Crippen LogP contribution in [0, 0.1) is 10.1 Å². The molecule has 2 aliphatic heterocycles. The van der Waals surface area contributed by atoms with E-state index in [1.54, 1.807) is 18.6 Å². The number of imidazole rings is 2. The smallest absolute Gasteiger partial charge is 0.271 e. The zero-order chi connectivity index (χ0) is 14.7. The number of hydrogen-bond acceptors (Lipinski definition) is 6. The highest BCUT2D eigenvalue weighted by molar-refractivity contribution is 5.76. The van der Waals surface area contributed by atoms with Crippen molar-refractivity contribution in [3.05, 3.63) is 53.5 Å². The Kier molecular flexibility index (Phi) is 3.21. The maximum absolute atomic E-state index is 10.3. The van der Waals surface area contributed by atoms with Crippen LogP contribution < -0.4 is 0 Å². The Bertz CT molecular complexity index is 826. The number of rotatable bonds is 1. The number of hydrogen-bond donors (Lipinski definition) is 2. The van der Waals surface area contributed by atoms with E-state index in [0.29, 0.717) is 11.3 Å². The largest absolute Gasteiger partial charge is 0.350 e. The van der Waals surface area contributed by atoms with Gasteiger partial charge in [0.25, 0.3) is 5.69 Å². The SMILES string of the molecule is O=[N+]([O-])c1ccc2[nH]cnc2c1.c1nc2c[nH]cnc-2n1. The summed E-state index contributed by atoms with van der Waals surface area (Å²) in [6, 6.07) is 4.52. The summed E-state index contributed by atoms with van der Waals surface area (Å²) in [5.41, 5.74) is 2.29. The van der Waals surface area contributed by atoms with E-state index in [9.17, 15) is 10.1 Å². The second-order valence-corrected chi connectivity index (χ2v) is 4.01. The number of benzene rings is 1. The van der Waals surface area contributed by atoms with Crippen LogP contribution in [0.5, 0.6) is 0 Å². The highest BCUT2D eigenvalue weighted by Crippen LogP contribution is 2.16. The number of nitrogens with zero attached hydrogens (tertiary/aromatic N) is 5. The topological polar surface area (TPSA) is 126 Å². The molecule has 2 aliphatic rings. The second kappa shape index (κ2) is 5.33. The van der Waals surface area contributed by atoms with Gasteiger partial charge >= 0.3 is 0 Å². The minimum absolute atomic E-state index is 0.0644. The quantitative estimate of drug-likeness (QED) is 0.405. The standard InChI is InChI=1S/C7H5N3O2.C5H4N4/c11-10(12)5-1-2-6-7(3-5)9-4-8-6;1-4-5(8-2-6-1)9-3-7-4/h1-4H,(H,8,9);1-3H,(H,6,7,8,9). The van der Waals surface area contributed by atoms with Gasteiger partial charge in [-0.05, 0) is 6.07 Å². The fraction of sp³-hybridized carbons (Fsp3) is 0. The van der Waals surface area contributed by atoms with Gasteiger partial charge in [-0.2, -0.15) is 0 Å². The first kappa shape index (κ1) is 12.7. The number of H-pyrrole nitrogens is 2. The summed E-state index contributed by atoms with van der Waals surface area (Å²) < 4.78 is 0. The molecule has 9 heteroatoms. The first-order valence-corrected chi connectivity index (χ1v) is 5.91. The molecule has 3 heterocycles. The summed E-state index contributed by atoms with van der Waals surface area (Å²) in [5, 5.41) is 10.3. The van der Waals surface area contributed by atoms with E-state index in [-0.39, 0.29) is 5.69 Å². The van der Waals surface area contributed by atoms with Crippen LogP contribution in [0.3, 0.4) is 0 Å². The normalized spacial score (nSPS) is 10.3. The molecule has 0 fully saturated rings. The number of nitro groups is 1. The van der Waals surface area contributed by atoms with Gasteiger partial charge < -0.3 is 9.97 Å². The molecule has 4 rings (SSSR count).